The van der Waals surface area contributed by atoms with Gasteiger partial charge in [0.25, 0.3) is 0 Å². The predicted octanol–water partition coefficient (Wildman–Crippen LogP) is 8.27. The predicted molar refractivity (Wildman–Crippen MR) is 141 cm³/mol. The largest absolute Gasteiger partial charge is 0.319 e. The topological polar surface area (TPSA) is 17.8 Å². The molecule has 0 fully saturated rings. The fourth-order valence-corrected chi connectivity index (χ4v) is 6.08. The SMILES string of the molecule is c1ccc(Cn2c(-c3cccc4c3sc3ccccc34)nc3cc4ccccc4cc32)cc1. The maximum Gasteiger partial charge on any atom is 0.142 e. The molecule has 156 valence electrons. The lowest BCUT2D eigenvalue weighted by Crippen LogP contribution is -2.02. The highest BCUT2D eigenvalue weighted by Crippen LogP contribution is 2.40. The van der Waals surface area contributed by atoms with Gasteiger partial charge in [-0.2, -0.15) is 0 Å². The molecule has 0 bridgehead atoms. The molecule has 3 heteroatoms. The molecule has 0 amide bonds. The normalized spacial score (nSPS) is 11.8. The number of hydrogen-bond acceptors (Lipinski definition) is 2. The summed E-state index contributed by atoms with van der Waals surface area (Å²) in [6, 6.07) is 39.0. The van der Waals surface area contributed by atoms with Crippen LogP contribution in [0.25, 0.3) is 53.4 Å². The Bertz CT molecular complexity index is 1790. The molecule has 0 unspecified atom stereocenters. The number of fused-ring (bicyclic) bond motifs is 5. The molecule has 33 heavy (non-hydrogen) atoms. The minimum Gasteiger partial charge on any atom is -0.319 e. The van der Waals surface area contributed by atoms with Crippen LogP contribution in [-0.2, 0) is 6.54 Å². The van der Waals surface area contributed by atoms with Crippen molar-refractivity contribution in [3.63, 3.8) is 0 Å². The lowest BCUT2D eigenvalue weighted by atomic mass is 10.1. The summed E-state index contributed by atoms with van der Waals surface area (Å²) in [6.45, 7) is 0.784. The lowest BCUT2D eigenvalue weighted by Gasteiger charge is -2.11. The zero-order chi connectivity index (χ0) is 21.8. The second-order valence-electron chi connectivity index (χ2n) is 8.48. The number of imidazole rings is 1. The summed E-state index contributed by atoms with van der Waals surface area (Å²) in [4.78, 5) is 5.22. The maximum absolute atomic E-state index is 5.22. The van der Waals surface area contributed by atoms with E-state index in [1.165, 1.54) is 47.6 Å². The molecule has 5 aromatic carbocycles. The van der Waals surface area contributed by atoms with E-state index in [2.05, 4.69) is 114 Å². The molecule has 2 heterocycles. The number of rotatable bonds is 3. The van der Waals surface area contributed by atoms with E-state index < -0.39 is 0 Å². The quantitative estimate of drug-likeness (QED) is 0.270. The van der Waals surface area contributed by atoms with Crippen LogP contribution in [-0.4, -0.2) is 9.55 Å². The van der Waals surface area contributed by atoms with Crippen LogP contribution in [0.15, 0.2) is 109 Å². The minimum atomic E-state index is 0.784. The standard InChI is InChI=1S/C30H20N2S/c1-2-9-20(10-3-1)19-32-27-18-22-12-5-4-11-21(22)17-26(27)31-30(32)25-15-8-14-24-23-13-6-7-16-28(23)33-29(24)25/h1-18H,19H2. The summed E-state index contributed by atoms with van der Waals surface area (Å²) in [6.07, 6.45) is 0. The first-order chi connectivity index (χ1) is 16.3. The Balaban J connectivity index is 1.55. The summed E-state index contributed by atoms with van der Waals surface area (Å²) >= 11 is 1.86. The smallest absolute Gasteiger partial charge is 0.142 e. The van der Waals surface area contributed by atoms with Crippen molar-refractivity contribution in [2.75, 3.05) is 0 Å². The van der Waals surface area contributed by atoms with Gasteiger partial charge in [0.2, 0.25) is 0 Å². The fraction of sp³-hybridized carbons (Fsp3) is 0.0333. The van der Waals surface area contributed by atoms with Crippen molar-refractivity contribution in [1.82, 2.24) is 9.55 Å². The molecular formula is C30H20N2S. The molecule has 0 aliphatic rings. The first kappa shape index (κ1) is 18.6. The molecule has 0 spiro atoms. The Hall–Kier alpha value is -3.95. The zero-order valence-corrected chi connectivity index (χ0v) is 18.7. The third kappa shape index (κ3) is 2.97. The molecule has 2 nitrogen and oxygen atoms in total. The Morgan fingerprint density at radius 3 is 2.27 bits per heavy atom. The van der Waals surface area contributed by atoms with Gasteiger partial charge in [0.1, 0.15) is 5.82 Å². The van der Waals surface area contributed by atoms with Crippen LogP contribution in [0.2, 0.25) is 0 Å². The van der Waals surface area contributed by atoms with E-state index in [1.807, 2.05) is 11.3 Å². The van der Waals surface area contributed by atoms with Crippen LogP contribution in [0.4, 0.5) is 0 Å². The van der Waals surface area contributed by atoms with Gasteiger partial charge >= 0.3 is 0 Å². The molecule has 2 aromatic heterocycles. The number of thiophene rings is 1. The second-order valence-corrected chi connectivity index (χ2v) is 9.53. The molecule has 7 aromatic rings. The Morgan fingerprint density at radius 2 is 1.39 bits per heavy atom. The van der Waals surface area contributed by atoms with Crippen LogP contribution in [0.5, 0.6) is 0 Å². The summed E-state index contributed by atoms with van der Waals surface area (Å²) in [5.41, 5.74) is 4.68. The van der Waals surface area contributed by atoms with Crippen LogP contribution >= 0.6 is 11.3 Å². The monoisotopic (exact) mass is 440 g/mol. The van der Waals surface area contributed by atoms with Crippen molar-refractivity contribution in [2.45, 2.75) is 6.54 Å². The van der Waals surface area contributed by atoms with Gasteiger partial charge in [-0.05, 0) is 40.6 Å². The third-order valence-electron chi connectivity index (χ3n) is 6.44. The number of benzene rings is 5. The van der Waals surface area contributed by atoms with Gasteiger partial charge < -0.3 is 4.57 Å². The van der Waals surface area contributed by atoms with Crippen molar-refractivity contribution in [2.24, 2.45) is 0 Å². The van der Waals surface area contributed by atoms with Crippen molar-refractivity contribution < 1.29 is 0 Å². The summed E-state index contributed by atoms with van der Waals surface area (Å²) < 4.78 is 5.00. The number of aromatic nitrogens is 2. The van der Waals surface area contributed by atoms with Gasteiger partial charge in [0.05, 0.1) is 11.0 Å². The summed E-state index contributed by atoms with van der Waals surface area (Å²) in [5, 5.41) is 5.08. The van der Waals surface area contributed by atoms with E-state index in [-0.39, 0.29) is 0 Å². The van der Waals surface area contributed by atoms with Crippen LogP contribution in [0, 0.1) is 0 Å². The molecule has 0 aliphatic heterocycles. The van der Waals surface area contributed by atoms with Crippen molar-refractivity contribution in [3.8, 4) is 11.4 Å². The zero-order valence-electron chi connectivity index (χ0n) is 17.9. The molecule has 0 N–H and O–H groups in total. The molecule has 0 atom stereocenters. The van der Waals surface area contributed by atoms with Gasteiger partial charge in [-0.3, -0.25) is 0 Å². The molecule has 0 saturated heterocycles. The van der Waals surface area contributed by atoms with Gasteiger partial charge in [0, 0.05) is 32.3 Å². The van der Waals surface area contributed by atoms with Gasteiger partial charge in [-0.1, -0.05) is 84.9 Å². The highest BCUT2D eigenvalue weighted by atomic mass is 32.1. The Kier molecular flexibility index (Phi) is 4.11. The second kappa shape index (κ2) is 7.29. The molecule has 7 rings (SSSR count). The van der Waals surface area contributed by atoms with Crippen LogP contribution in [0.3, 0.4) is 0 Å². The van der Waals surface area contributed by atoms with Gasteiger partial charge in [-0.25, -0.2) is 4.98 Å². The lowest BCUT2D eigenvalue weighted by molar-refractivity contribution is 0.836. The molecular weight excluding hydrogens is 420 g/mol. The highest BCUT2D eigenvalue weighted by molar-refractivity contribution is 7.26. The van der Waals surface area contributed by atoms with Crippen LogP contribution in [0.1, 0.15) is 5.56 Å². The van der Waals surface area contributed by atoms with Gasteiger partial charge in [0.15, 0.2) is 0 Å². The third-order valence-corrected chi connectivity index (χ3v) is 7.66. The van der Waals surface area contributed by atoms with E-state index in [1.54, 1.807) is 0 Å². The van der Waals surface area contributed by atoms with Crippen molar-refractivity contribution in [1.29, 1.82) is 0 Å². The minimum absolute atomic E-state index is 0.784. The molecule has 0 aliphatic carbocycles. The first-order valence-corrected chi connectivity index (χ1v) is 12.0. The average molecular weight is 441 g/mol. The Morgan fingerprint density at radius 1 is 0.667 bits per heavy atom. The Labute approximate surface area is 195 Å². The fourth-order valence-electron chi connectivity index (χ4n) is 4.87. The number of hydrogen-bond donors (Lipinski definition) is 0. The summed E-state index contributed by atoms with van der Waals surface area (Å²) in [7, 11) is 0. The number of nitrogens with zero attached hydrogens (tertiary/aromatic N) is 2. The summed E-state index contributed by atoms with van der Waals surface area (Å²) in [5.74, 6) is 1.03. The maximum atomic E-state index is 5.22. The highest BCUT2D eigenvalue weighted by Gasteiger charge is 2.18. The van der Waals surface area contributed by atoms with Crippen molar-refractivity contribution >= 4 is 53.3 Å². The van der Waals surface area contributed by atoms with E-state index in [9.17, 15) is 0 Å². The first-order valence-electron chi connectivity index (χ1n) is 11.2. The van der Waals surface area contributed by atoms with Gasteiger partial charge in [-0.15, -0.1) is 11.3 Å². The van der Waals surface area contributed by atoms with Crippen LogP contribution < -0.4 is 0 Å². The van der Waals surface area contributed by atoms with E-state index in [0.717, 1.165) is 17.9 Å². The van der Waals surface area contributed by atoms with E-state index in [0.29, 0.717) is 0 Å². The van der Waals surface area contributed by atoms with Crippen molar-refractivity contribution in [3.05, 3.63) is 115 Å². The van der Waals surface area contributed by atoms with E-state index >= 15 is 0 Å². The van der Waals surface area contributed by atoms with E-state index in [4.69, 9.17) is 4.98 Å². The molecule has 0 saturated carbocycles. The average Bonchev–Trinajstić information content (AvgIpc) is 3.41. The molecule has 0 radical (unpaired) electrons.